The second-order valence-corrected chi connectivity index (χ2v) is 10.1. The topological polar surface area (TPSA) is 77.8 Å². The van der Waals surface area contributed by atoms with Crippen LogP contribution >= 0.6 is 0 Å². The van der Waals surface area contributed by atoms with Crippen molar-refractivity contribution in [3.63, 3.8) is 0 Å². The van der Waals surface area contributed by atoms with E-state index in [-0.39, 0.29) is 28.6 Å². The molecular weight excluding hydrogens is 424 g/mol. The zero-order valence-electron chi connectivity index (χ0n) is 22.0. The van der Waals surface area contributed by atoms with E-state index in [4.69, 9.17) is 0 Å². The van der Waals surface area contributed by atoms with Gasteiger partial charge in [-0.2, -0.15) is 0 Å². The number of hydrogen-bond donors (Lipinski definition) is 3. The molecule has 0 heterocycles. The third kappa shape index (κ3) is 15.2. The smallest absolute Gasteiger partial charge is 0.170 e. The summed E-state index contributed by atoms with van der Waals surface area (Å²) in [6.45, 7) is 2.28. The summed E-state index contributed by atoms with van der Waals surface area (Å²) in [5.41, 5.74) is -0.0778. The molecule has 34 heavy (non-hydrogen) atoms. The lowest BCUT2D eigenvalue weighted by Gasteiger charge is -2.07. The fourth-order valence-electron chi connectivity index (χ4n) is 4.73. The summed E-state index contributed by atoms with van der Waals surface area (Å²) >= 11 is 0. The second kappa shape index (κ2) is 20.6. The summed E-state index contributed by atoms with van der Waals surface area (Å²) in [5.74, 6) is -1.23. The number of rotatable bonds is 23. The Morgan fingerprint density at radius 1 is 0.529 bits per heavy atom. The average molecular weight is 477 g/mol. The molecule has 0 aliphatic carbocycles. The first-order valence-electron chi connectivity index (χ1n) is 14.3. The molecule has 0 spiro atoms. The monoisotopic (exact) mass is 476 g/mol. The summed E-state index contributed by atoms with van der Waals surface area (Å²) in [4.78, 5) is 12.2. The standard InChI is InChI=1S/C30H52O4/c1-2-3-4-5-6-7-8-9-10-11-12-13-14-15-16-17-18-19-20-21-22-23-27(32)30-28(33)24-26(31)25-29(30)34/h24-25,31,33-34H,2-23H2,1H3. The van der Waals surface area contributed by atoms with Gasteiger partial charge in [-0.1, -0.05) is 135 Å². The highest BCUT2D eigenvalue weighted by atomic mass is 16.3. The van der Waals surface area contributed by atoms with Crippen LogP contribution in [0.25, 0.3) is 0 Å². The minimum atomic E-state index is -0.356. The zero-order chi connectivity index (χ0) is 24.9. The molecule has 0 amide bonds. The number of ketones is 1. The van der Waals surface area contributed by atoms with Crippen LogP contribution in [0.3, 0.4) is 0 Å². The molecule has 0 fully saturated rings. The van der Waals surface area contributed by atoms with Crippen LogP contribution < -0.4 is 0 Å². The summed E-state index contributed by atoms with van der Waals surface area (Å²) < 4.78 is 0. The zero-order valence-corrected chi connectivity index (χ0v) is 22.0. The van der Waals surface area contributed by atoms with Gasteiger partial charge in [-0.3, -0.25) is 4.79 Å². The lowest BCUT2D eigenvalue weighted by atomic mass is 10.0. The molecule has 0 atom stereocenters. The predicted octanol–water partition coefficient (Wildman–Crippen LogP) is 9.59. The highest BCUT2D eigenvalue weighted by Crippen LogP contribution is 2.33. The molecule has 0 saturated heterocycles. The Labute approximate surface area is 209 Å². The van der Waals surface area contributed by atoms with Crippen LogP contribution in [0.15, 0.2) is 12.1 Å². The molecule has 0 aliphatic heterocycles. The maximum atomic E-state index is 12.2. The second-order valence-electron chi connectivity index (χ2n) is 10.1. The molecule has 4 nitrogen and oxygen atoms in total. The molecule has 1 rings (SSSR count). The number of unbranched alkanes of at least 4 members (excludes halogenated alkanes) is 20. The quantitative estimate of drug-likeness (QED) is 0.108. The summed E-state index contributed by atoms with van der Waals surface area (Å²) in [5, 5.41) is 28.9. The number of phenolic OH excluding ortho intramolecular Hbond substituents is 3. The number of benzene rings is 1. The maximum absolute atomic E-state index is 12.2. The Balaban J connectivity index is 1.82. The Morgan fingerprint density at radius 3 is 1.15 bits per heavy atom. The van der Waals surface area contributed by atoms with Crippen LogP contribution in [-0.4, -0.2) is 21.1 Å². The molecule has 0 saturated carbocycles. The van der Waals surface area contributed by atoms with Gasteiger partial charge in [-0.15, -0.1) is 0 Å². The highest BCUT2D eigenvalue weighted by molar-refractivity contribution is 6.01. The van der Waals surface area contributed by atoms with E-state index in [2.05, 4.69) is 6.92 Å². The van der Waals surface area contributed by atoms with Gasteiger partial charge < -0.3 is 15.3 Å². The van der Waals surface area contributed by atoms with E-state index in [1.165, 1.54) is 116 Å². The minimum absolute atomic E-state index is 0.0778. The number of phenols is 3. The highest BCUT2D eigenvalue weighted by Gasteiger charge is 2.17. The molecule has 196 valence electrons. The Bertz CT molecular complexity index is 618. The molecule has 0 aliphatic rings. The van der Waals surface area contributed by atoms with Crippen molar-refractivity contribution in [2.75, 3.05) is 0 Å². The van der Waals surface area contributed by atoms with Crippen molar-refractivity contribution < 1.29 is 20.1 Å². The van der Waals surface area contributed by atoms with Crippen molar-refractivity contribution in [3.05, 3.63) is 17.7 Å². The molecule has 1 aromatic rings. The molecule has 0 aromatic heterocycles. The Morgan fingerprint density at radius 2 is 0.824 bits per heavy atom. The first kappa shape index (κ1) is 30.3. The number of hydrogen-bond acceptors (Lipinski definition) is 4. The fraction of sp³-hybridized carbons (Fsp3) is 0.767. The lowest BCUT2D eigenvalue weighted by Crippen LogP contribution is -2.00. The van der Waals surface area contributed by atoms with E-state index in [9.17, 15) is 20.1 Å². The fourth-order valence-corrected chi connectivity index (χ4v) is 4.73. The van der Waals surface area contributed by atoms with E-state index in [0.29, 0.717) is 6.42 Å². The van der Waals surface area contributed by atoms with Gasteiger partial charge in [0, 0.05) is 18.6 Å². The van der Waals surface area contributed by atoms with Crippen molar-refractivity contribution in [3.8, 4) is 17.2 Å². The third-order valence-corrected chi connectivity index (χ3v) is 6.87. The number of Topliss-reactive ketones (excluding diaryl/α,β-unsaturated/α-hetero) is 1. The first-order valence-corrected chi connectivity index (χ1v) is 14.3. The Hall–Kier alpha value is -1.71. The van der Waals surface area contributed by atoms with Crippen LogP contribution in [-0.2, 0) is 0 Å². The lowest BCUT2D eigenvalue weighted by molar-refractivity contribution is 0.0973. The molecular formula is C30H52O4. The van der Waals surface area contributed by atoms with E-state index in [0.717, 1.165) is 31.4 Å². The predicted molar refractivity (Wildman–Crippen MR) is 143 cm³/mol. The average Bonchev–Trinajstić information content (AvgIpc) is 2.79. The van der Waals surface area contributed by atoms with Gasteiger partial charge in [0.2, 0.25) is 0 Å². The van der Waals surface area contributed by atoms with Crippen molar-refractivity contribution >= 4 is 5.78 Å². The molecule has 3 N–H and O–H groups in total. The van der Waals surface area contributed by atoms with Gasteiger partial charge in [-0.05, 0) is 6.42 Å². The molecule has 4 heteroatoms. The van der Waals surface area contributed by atoms with Crippen LogP contribution in [0.5, 0.6) is 17.2 Å². The Kier molecular flexibility index (Phi) is 18.4. The molecule has 0 radical (unpaired) electrons. The number of carbonyl (C=O) groups is 1. The van der Waals surface area contributed by atoms with E-state index in [1.54, 1.807) is 0 Å². The van der Waals surface area contributed by atoms with Gasteiger partial charge in [0.25, 0.3) is 0 Å². The van der Waals surface area contributed by atoms with Gasteiger partial charge in [0.05, 0.1) is 0 Å². The van der Waals surface area contributed by atoms with Gasteiger partial charge in [0.1, 0.15) is 22.8 Å². The normalized spacial score (nSPS) is 11.2. The van der Waals surface area contributed by atoms with Crippen LogP contribution in [0.4, 0.5) is 0 Å². The SMILES string of the molecule is CCCCCCCCCCCCCCCCCCCCCCCC(=O)c1c(O)cc(O)cc1O. The van der Waals surface area contributed by atoms with Crippen molar-refractivity contribution in [2.45, 2.75) is 148 Å². The number of carbonyl (C=O) groups excluding carboxylic acids is 1. The first-order chi connectivity index (χ1) is 16.6. The van der Waals surface area contributed by atoms with Crippen molar-refractivity contribution in [1.82, 2.24) is 0 Å². The summed E-state index contributed by atoms with van der Waals surface area (Å²) in [6.07, 6.45) is 28.1. The third-order valence-electron chi connectivity index (χ3n) is 6.87. The summed E-state index contributed by atoms with van der Waals surface area (Å²) in [6, 6.07) is 2.18. The van der Waals surface area contributed by atoms with Gasteiger partial charge in [0.15, 0.2) is 5.78 Å². The van der Waals surface area contributed by atoms with Gasteiger partial charge >= 0.3 is 0 Å². The number of aromatic hydroxyl groups is 3. The van der Waals surface area contributed by atoms with Crippen LogP contribution in [0.1, 0.15) is 159 Å². The maximum Gasteiger partial charge on any atom is 0.170 e. The van der Waals surface area contributed by atoms with Crippen LogP contribution in [0.2, 0.25) is 0 Å². The van der Waals surface area contributed by atoms with Gasteiger partial charge in [-0.25, -0.2) is 0 Å². The largest absolute Gasteiger partial charge is 0.508 e. The van der Waals surface area contributed by atoms with Crippen molar-refractivity contribution in [2.24, 2.45) is 0 Å². The minimum Gasteiger partial charge on any atom is -0.508 e. The molecule has 1 aromatic carbocycles. The van der Waals surface area contributed by atoms with E-state index >= 15 is 0 Å². The molecule has 0 unspecified atom stereocenters. The van der Waals surface area contributed by atoms with Crippen molar-refractivity contribution in [1.29, 1.82) is 0 Å². The molecule has 0 bridgehead atoms. The van der Waals surface area contributed by atoms with Crippen LogP contribution in [0, 0.1) is 0 Å². The van der Waals surface area contributed by atoms with E-state index < -0.39 is 0 Å². The summed E-state index contributed by atoms with van der Waals surface area (Å²) in [7, 11) is 0. The van der Waals surface area contributed by atoms with E-state index in [1.807, 2.05) is 0 Å².